The molecule has 0 bridgehead atoms. The van der Waals surface area contributed by atoms with Gasteiger partial charge in [-0.25, -0.2) is 0 Å². The molecule has 0 saturated heterocycles. The zero-order valence-corrected chi connectivity index (χ0v) is 33.6. The summed E-state index contributed by atoms with van der Waals surface area (Å²) in [5, 5.41) is 0. The molecule has 0 radical (unpaired) electrons. The molecule has 60 heavy (non-hydrogen) atoms. The summed E-state index contributed by atoms with van der Waals surface area (Å²) in [5.41, 5.74) is 20.5. The third-order valence-corrected chi connectivity index (χ3v) is 13.3. The summed E-state index contributed by atoms with van der Waals surface area (Å²) in [5.74, 6) is 1.78. The highest BCUT2D eigenvalue weighted by Crippen LogP contribution is 2.62. The van der Waals surface area contributed by atoms with Gasteiger partial charge < -0.3 is 9.64 Å². The third kappa shape index (κ3) is 4.88. The second kappa shape index (κ2) is 13.0. The Hall–Kier alpha value is -7.42. The molecule has 2 nitrogen and oxygen atoms in total. The number of hydrogen-bond acceptors (Lipinski definition) is 2. The van der Waals surface area contributed by atoms with Gasteiger partial charge in [-0.1, -0.05) is 178 Å². The summed E-state index contributed by atoms with van der Waals surface area (Å²) in [6.07, 6.45) is 0. The van der Waals surface area contributed by atoms with E-state index in [9.17, 15) is 0 Å². The van der Waals surface area contributed by atoms with E-state index in [2.05, 4.69) is 231 Å². The van der Waals surface area contributed by atoms with Crippen LogP contribution < -0.4 is 9.64 Å². The monoisotopic (exact) mass is 767 g/mol. The largest absolute Gasteiger partial charge is 0.457 e. The van der Waals surface area contributed by atoms with E-state index in [1.165, 1.54) is 66.8 Å². The van der Waals surface area contributed by atoms with Crippen molar-refractivity contribution in [2.24, 2.45) is 0 Å². The number of para-hydroxylation sites is 2. The van der Waals surface area contributed by atoms with Crippen LogP contribution in [0.15, 0.2) is 212 Å². The molecule has 3 aliphatic rings. The number of rotatable bonds is 5. The molecule has 2 aliphatic carbocycles. The van der Waals surface area contributed by atoms with Gasteiger partial charge in [0.2, 0.25) is 0 Å². The summed E-state index contributed by atoms with van der Waals surface area (Å²) in [7, 11) is 0. The lowest BCUT2D eigenvalue weighted by atomic mass is 9.66. The molecule has 0 amide bonds. The Labute approximate surface area is 351 Å². The van der Waals surface area contributed by atoms with Crippen LogP contribution >= 0.6 is 0 Å². The molecule has 284 valence electrons. The topological polar surface area (TPSA) is 12.5 Å². The summed E-state index contributed by atoms with van der Waals surface area (Å²) in [4.78, 5) is 2.35. The van der Waals surface area contributed by atoms with Crippen LogP contribution in [0.1, 0.15) is 47.2 Å². The van der Waals surface area contributed by atoms with Crippen molar-refractivity contribution in [3.05, 3.63) is 246 Å². The predicted octanol–water partition coefficient (Wildman–Crippen LogP) is 15.3. The van der Waals surface area contributed by atoms with Crippen molar-refractivity contribution in [1.29, 1.82) is 0 Å². The van der Waals surface area contributed by atoms with Crippen LogP contribution in [0.4, 0.5) is 17.1 Å². The third-order valence-electron chi connectivity index (χ3n) is 13.3. The Morgan fingerprint density at radius 3 is 1.60 bits per heavy atom. The highest BCUT2D eigenvalue weighted by atomic mass is 16.5. The SMILES string of the molecule is CC1(C)c2ccccc2-c2c(-c3ccc(N(c4ccccc4)c4cccc(-c5ccc6c(c5)Oc5ccccc5C65c6ccccc6-c6ccccc65)c4)cc3)cccc21. The number of fused-ring (bicyclic) bond motifs is 12. The van der Waals surface area contributed by atoms with Crippen LogP contribution in [-0.2, 0) is 10.8 Å². The van der Waals surface area contributed by atoms with Crippen molar-refractivity contribution in [1.82, 2.24) is 0 Å². The van der Waals surface area contributed by atoms with Crippen molar-refractivity contribution in [2.45, 2.75) is 24.7 Å². The average molecular weight is 768 g/mol. The van der Waals surface area contributed by atoms with E-state index >= 15 is 0 Å². The van der Waals surface area contributed by atoms with Gasteiger partial charge in [-0.05, 0) is 115 Å². The number of hydrogen-bond donors (Lipinski definition) is 0. The van der Waals surface area contributed by atoms with Gasteiger partial charge in [0.1, 0.15) is 11.5 Å². The first kappa shape index (κ1) is 34.6. The Bertz CT molecular complexity index is 3110. The second-order valence-electron chi connectivity index (χ2n) is 16.8. The van der Waals surface area contributed by atoms with E-state index in [0.29, 0.717) is 0 Å². The van der Waals surface area contributed by atoms with Gasteiger partial charge in [-0.3, -0.25) is 0 Å². The molecule has 0 aromatic heterocycles. The molecule has 1 heterocycles. The smallest absolute Gasteiger partial charge is 0.132 e. The molecular formula is C58H41NO. The van der Waals surface area contributed by atoms with Crippen LogP contribution in [0, 0.1) is 0 Å². The second-order valence-corrected chi connectivity index (χ2v) is 16.8. The van der Waals surface area contributed by atoms with Crippen molar-refractivity contribution >= 4 is 17.1 Å². The number of benzene rings is 9. The van der Waals surface area contributed by atoms with Crippen molar-refractivity contribution < 1.29 is 4.74 Å². The van der Waals surface area contributed by atoms with E-state index < -0.39 is 5.41 Å². The highest BCUT2D eigenvalue weighted by Gasteiger charge is 2.51. The molecule has 9 aromatic carbocycles. The first-order valence-corrected chi connectivity index (χ1v) is 20.9. The van der Waals surface area contributed by atoms with Crippen molar-refractivity contribution in [3.8, 4) is 56.0 Å². The predicted molar refractivity (Wildman–Crippen MR) is 247 cm³/mol. The number of ether oxygens (including phenoxy) is 1. The summed E-state index contributed by atoms with van der Waals surface area (Å²) in [6.45, 7) is 4.69. The van der Waals surface area contributed by atoms with Crippen LogP contribution in [0.5, 0.6) is 11.5 Å². The van der Waals surface area contributed by atoms with Crippen LogP contribution in [0.2, 0.25) is 0 Å². The molecule has 0 unspecified atom stereocenters. The van der Waals surface area contributed by atoms with Gasteiger partial charge in [-0.2, -0.15) is 0 Å². The fourth-order valence-electron chi connectivity index (χ4n) is 10.7. The van der Waals surface area contributed by atoms with Gasteiger partial charge in [0, 0.05) is 33.6 Å². The van der Waals surface area contributed by atoms with E-state index in [1.807, 2.05) is 0 Å². The van der Waals surface area contributed by atoms with Gasteiger partial charge in [-0.15, -0.1) is 0 Å². The number of anilines is 3. The molecular weight excluding hydrogens is 727 g/mol. The minimum absolute atomic E-state index is 0.0412. The van der Waals surface area contributed by atoms with Crippen LogP contribution in [0.25, 0.3) is 44.5 Å². The molecule has 1 aliphatic heterocycles. The van der Waals surface area contributed by atoms with E-state index in [4.69, 9.17) is 4.74 Å². The molecule has 1 spiro atoms. The Morgan fingerprint density at radius 1 is 0.333 bits per heavy atom. The first-order chi connectivity index (χ1) is 29.5. The van der Waals surface area contributed by atoms with Crippen LogP contribution in [-0.4, -0.2) is 0 Å². The van der Waals surface area contributed by atoms with Crippen molar-refractivity contribution in [2.75, 3.05) is 4.90 Å². The minimum atomic E-state index is -0.479. The molecule has 12 rings (SSSR count). The maximum atomic E-state index is 6.87. The summed E-state index contributed by atoms with van der Waals surface area (Å²) >= 11 is 0. The van der Waals surface area contributed by atoms with Gasteiger partial charge >= 0.3 is 0 Å². The van der Waals surface area contributed by atoms with Gasteiger partial charge in [0.15, 0.2) is 0 Å². The highest BCUT2D eigenvalue weighted by molar-refractivity contribution is 5.93. The Kier molecular flexibility index (Phi) is 7.52. The lowest BCUT2D eigenvalue weighted by molar-refractivity contribution is 0.436. The standard InChI is InChI=1S/C58H41NO/c1-57(2)48-24-9-8-22-47(48)56-44(23-15-28-53(56)57)38-30-33-42(34-31-38)59(41-17-4-3-5-18-41)43-19-14-16-39(36-43)40-32-35-52-55(37-40)60-54-29-13-12-27-51(54)58(52)49-25-10-6-20-45(49)46-21-7-11-26-50(46)58/h3-37H,1-2H3. The zero-order chi connectivity index (χ0) is 40.0. The first-order valence-electron chi connectivity index (χ1n) is 20.9. The molecule has 9 aromatic rings. The molecule has 2 heteroatoms. The quantitative estimate of drug-likeness (QED) is 0.173. The normalized spacial score (nSPS) is 14.2. The van der Waals surface area contributed by atoms with Crippen molar-refractivity contribution in [3.63, 3.8) is 0 Å². The fourth-order valence-corrected chi connectivity index (χ4v) is 10.7. The maximum Gasteiger partial charge on any atom is 0.132 e. The Balaban J connectivity index is 0.955. The molecule has 0 N–H and O–H groups in total. The lowest BCUT2D eigenvalue weighted by Crippen LogP contribution is -2.32. The lowest BCUT2D eigenvalue weighted by Gasteiger charge is -2.39. The van der Waals surface area contributed by atoms with Gasteiger partial charge in [0.05, 0.1) is 5.41 Å². The zero-order valence-electron chi connectivity index (χ0n) is 33.6. The summed E-state index contributed by atoms with van der Waals surface area (Å²) < 4.78 is 6.87. The minimum Gasteiger partial charge on any atom is -0.457 e. The molecule has 0 atom stereocenters. The maximum absolute atomic E-state index is 6.87. The molecule has 0 saturated carbocycles. The van der Waals surface area contributed by atoms with E-state index in [1.54, 1.807) is 0 Å². The van der Waals surface area contributed by atoms with E-state index in [0.717, 1.165) is 39.7 Å². The van der Waals surface area contributed by atoms with Gasteiger partial charge in [0.25, 0.3) is 0 Å². The summed E-state index contributed by atoms with van der Waals surface area (Å²) in [6, 6.07) is 77.5. The molecule has 0 fully saturated rings. The van der Waals surface area contributed by atoms with E-state index in [-0.39, 0.29) is 5.41 Å². The fraction of sp³-hybridized carbons (Fsp3) is 0.0690. The Morgan fingerprint density at radius 2 is 0.850 bits per heavy atom. The van der Waals surface area contributed by atoms with Crippen LogP contribution in [0.3, 0.4) is 0 Å². The average Bonchev–Trinajstić information content (AvgIpc) is 3.73. The number of nitrogens with zero attached hydrogens (tertiary/aromatic N) is 1.